The summed E-state index contributed by atoms with van der Waals surface area (Å²) in [6, 6.07) is 13.1. The van der Waals surface area contributed by atoms with E-state index in [0.29, 0.717) is 22.3 Å². The lowest BCUT2D eigenvalue weighted by Crippen LogP contribution is -2.58. The molecule has 3 aromatic carbocycles. The Kier molecular flexibility index (Phi) is 4.49. The number of ether oxygens (including phenoxy) is 1. The van der Waals surface area contributed by atoms with Crippen LogP contribution in [0.4, 0.5) is 27.6 Å². The third-order valence-electron chi connectivity index (χ3n) is 7.54. The molecule has 10 heteroatoms. The predicted octanol–water partition coefficient (Wildman–Crippen LogP) is 4.11. The van der Waals surface area contributed by atoms with E-state index in [1.165, 1.54) is 0 Å². The normalized spacial score (nSPS) is 25.5. The highest BCUT2D eigenvalue weighted by molar-refractivity contribution is 6.25. The average molecular weight is 499 g/mol. The van der Waals surface area contributed by atoms with Gasteiger partial charge >= 0.3 is 5.97 Å². The lowest BCUT2D eigenvalue weighted by atomic mass is 9.47. The second kappa shape index (κ2) is 7.22. The van der Waals surface area contributed by atoms with E-state index >= 15 is 0 Å². The molecule has 182 valence electrons. The number of anilines is 1. The zero-order chi connectivity index (χ0) is 25.7. The first kappa shape index (κ1) is 22.4. The number of hydrogen-bond donors (Lipinski definition) is 0. The minimum absolute atomic E-state index is 0.00590. The van der Waals surface area contributed by atoms with Crippen LogP contribution in [-0.2, 0) is 24.5 Å². The van der Waals surface area contributed by atoms with Gasteiger partial charge in [0.2, 0.25) is 17.6 Å². The minimum Gasteiger partial charge on any atom is -0.468 e. The highest BCUT2D eigenvalue weighted by Crippen LogP contribution is 2.64. The van der Waals surface area contributed by atoms with Crippen LogP contribution in [0.3, 0.4) is 0 Å². The lowest BCUT2D eigenvalue weighted by Gasteiger charge is -2.52. The van der Waals surface area contributed by atoms with Crippen molar-refractivity contribution in [3.8, 4) is 0 Å². The molecule has 1 saturated heterocycles. The minimum atomic E-state index is -2.42. The maximum atomic E-state index is 14.8. The Balaban J connectivity index is 1.69. The Hall–Kier alpha value is -4.08. The van der Waals surface area contributed by atoms with Gasteiger partial charge in [0.05, 0.1) is 18.9 Å². The van der Waals surface area contributed by atoms with Crippen LogP contribution in [-0.4, -0.2) is 24.9 Å². The molecule has 0 saturated carbocycles. The predicted molar refractivity (Wildman–Crippen MR) is 113 cm³/mol. The third-order valence-corrected chi connectivity index (χ3v) is 7.54. The summed E-state index contributed by atoms with van der Waals surface area (Å²) in [5.74, 6) is -18.7. The number of amides is 2. The van der Waals surface area contributed by atoms with Gasteiger partial charge in [0.1, 0.15) is 11.1 Å². The molecular formula is C26H14F5NO4. The maximum absolute atomic E-state index is 14.8. The van der Waals surface area contributed by atoms with Crippen LogP contribution in [0.25, 0.3) is 0 Å². The Labute approximate surface area is 200 Å². The van der Waals surface area contributed by atoms with E-state index in [2.05, 4.69) is 0 Å². The first-order valence-electron chi connectivity index (χ1n) is 10.9. The summed E-state index contributed by atoms with van der Waals surface area (Å²) in [6.07, 6.45) is 0. The summed E-state index contributed by atoms with van der Waals surface area (Å²) in [5, 5.41) is 0. The summed E-state index contributed by atoms with van der Waals surface area (Å²) in [7, 11) is 1.10. The van der Waals surface area contributed by atoms with Crippen LogP contribution in [0.1, 0.15) is 28.2 Å². The van der Waals surface area contributed by atoms with E-state index in [4.69, 9.17) is 4.74 Å². The van der Waals surface area contributed by atoms with Crippen LogP contribution in [0.5, 0.6) is 0 Å². The number of hydrogen-bond acceptors (Lipinski definition) is 4. The molecule has 0 aromatic heterocycles. The standard InChI is InChI=1S/C26H14F5NO4/c1-36-25(35)26-12-8-4-2-6-10(12)14(11-7-3-5-9-13(11)26)15-16(26)24(34)32(23(15)33)22-20(30)18(28)17(27)19(29)21(22)31/h2-9,14-16H,1H3/t14?,15-,16+,26?/m1/s1. The summed E-state index contributed by atoms with van der Waals surface area (Å²) in [5.41, 5.74) is -1.73. The van der Waals surface area contributed by atoms with Crippen LogP contribution in [0.2, 0.25) is 0 Å². The second-order valence-electron chi connectivity index (χ2n) is 8.89. The molecular weight excluding hydrogens is 485 g/mol. The molecule has 3 aliphatic carbocycles. The Morgan fingerprint density at radius 1 is 0.778 bits per heavy atom. The number of imide groups is 1. The van der Waals surface area contributed by atoms with Gasteiger partial charge in [0, 0.05) is 5.92 Å². The van der Waals surface area contributed by atoms with E-state index in [1.807, 2.05) is 0 Å². The van der Waals surface area contributed by atoms with E-state index < -0.39 is 75.7 Å². The highest BCUT2D eigenvalue weighted by atomic mass is 19.2. The van der Waals surface area contributed by atoms with Crippen molar-refractivity contribution in [1.29, 1.82) is 0 Å². The van der Waals surface area contributed by atoms with Gasteiger partial charge in [-0.25, -0.2) is 26.9 Å². The maximum Gasteiger partial charge on any atom is 0.321 e. The number of carbonyl (C=O) groups is 3. The van der Waals surface area contributed by atoms with E-state index in [0.717, 1.165) is 7.11 Å². The number of esters is 1. The molecule has 0 radical (unpaired) electrons. The van der Waals surface area contributed by atoms with Gasteiger partial charge in [-0.1, -0.05) is 48.5 Å². The number of nitrogens with zero attached hydrogens (tertiary/aromatic N) is 1. The Bertz CT molecular complexity index is 1460. The molecule has 2 bridgehead atoms. The lowest BCUT2D eigenvalue weighted by molar-refractivity contribution is -0.152. The highest BCUT2D eigenvalue weighted by Gasteiger charge is 2.72. The largest absolute Gasteiger partial charge is 0.468 e. The first-order valence-corrected chi connectivity index (χ1v) is 10.9. The molecule has 1 heterocycles. The van der Waals surface area contributed by atoms with Crippen LogP contribution in [0.15, 0.2) is 48.5 Å². The molecule has 0 unspecified atom stereocenters. The fraction of sp³-hybridized carbons (Fsp3) is 0.192. The van der Waals surface area contributed by atoms with E-state index in [1.54, 1.807) is 48.5 Å². The van der Waals surface area contributed by atoms with Gasteiger partial charge in [0.15, 0.2) is 23.3 Å². The van der Waals surface area contributed by atoms with Gasteiger partial charge in [-0.2, -0.15) is 0 Å². The number of benzene rings is 3. The zero-order valence-electron chi connectivity index (χ0n) is 18.3. The molecule has 2 amide bonds. The molecule has 1 fully saturated rings. The number of methoxy groups -OCH3 is 1. The van der Waals surface area contributed by atoms with Crippen molar-refractivity contribution in [3.05, 3.63) is 99.9 Å². The number of halogens is 5. The first-order chi connectivity index (χ1) is 17.2. The van der Waals surface area contributed by atoms with Crippen molar-refractivity contribution in [1.82, 2.24) is 0 Å². The monoisotopic (exact) mass is 499 g/mol. The second-order valence-corrected chi connectivity index (χ2v) is 8.89. The molecule has 7 rings (SSSR count). The van der Waals surface area contributed by atoms with Gasteiger partial charge in [0.25, 0.3) is 0 Å². The fourth-order valence-electron chi connectivity index (χ4n) is 6.29. The number of carbonyl (C=O) groups excluding carboxylic acids is 3. The van der Waals surface area contributed by atoms with Crippen molar-refractivity contribution in [2.45, 2.75) is 11.3 Å². The van der Waals surface area contributed by atoms with Crippen LogP contribution < -0.4 is 4.90 Å². The Morgan fingerprint density at radius 2 is 1.25 bits per heavy atom. The van der Waals surface area contributed by atoms with Crippen molar-refractivity contribution in [2.24, 2.45) is 11.8 Å². The van der Waals surface area contributed by atoms with Crippen molar-refractivity contribution in [2.75, 3.05) is 12.0 Å². The fourth-order valence-corrected chi connectivity index (χ4v) is 6.29. The van der Waals surface area contributed by atoms with Gasteiger partial charge in [-0.3, -0.25) is 14.4 Å². The van der Waals surface area contributed by atoms with Crippen molar-refractivity contribution < 1.29 is 41.1 Å². The molecule has 4 aliphatic rings. The molecule has 1 aliphatic heterocycles. The molecule has 2 atom stereocenters. The van der Waals surface area contributed by atoms with Crippen molar-refractivity contribution in [3.63, 3.8) is 0 Å². The topological polar surface area (TPSA) is 63.7 Å². The quantitative estimate of drug-likeness (QED) is 0.175. The summed E-state index contributed by atoms with van der Waals surface area (Å²) < 4.78 is 76.5. The molecule has 0 N–H and O–H groups in total. The summed E-state index contributed by atoms with van der Waals surface area (Å²) >= 11 is 0. The molecule has 3 aromatic rings. The summed E-state index contributed by atoms with van der Waals surface area (Å²) in [6.45, 7) is 0. The molecule has 5 nitrogen and oxygen atoms in total. The molecule has 36 heavy (non-hydrogen) atoms. The van der Waals surface area contributed by atoms with Gasteiger partial charge in [-0.05, 0) is 22.3 Å². The SMILES string of the molecule is COC(=O)C12c3ccccc3C(c3ccccc31)[C@H]1C(=O)N(c3c(F)c(F)c(F)c(F)c3F)C(=O)[C@H]12. The van der Waals surface area contributed by atoms with Gasteiger partial charge < -0.3 is 4.74 Å². The van der Waals surface area contributed by atoms with E-state index in [9.17, 15) is 36.3 Å². The van der Waals surface area contributed by atoms with Gasteiger partial charge in [-0.15, -0.1) is 0 Å². The molecule has 0 spiro atoms. The van der Waals surface area contributed by atoms with Crippen LogP contribution in [0, 0.1) is 40.9 Å². The Morgan fingerprint density at radius 3 is 1.75 bits per heavy atom. The smallest absolute Gasteiger partial charge is 0.321 e. The van der Waals surface area contributed by atoms with Crippen molar-refractivity contribution >= 4 is 23.5 Å². The van der Waals surface area contributed by atoms with Crippen LogP contribution >= 0.6 is 0 Å². The summed E-state index contributed by atoms with van der Waals surface area (Å²) in [4.78, 5) is 41.1. The average Bonchev–Trinajstić information content (AvgIpc) is 3.16. The zero-order valence-corrected chi connectivity index (χ0v) is 18.3. The number of rotatable bonds is 2. The van der Waals surface area contributed by atoms with E-state index in [-0.39, 0.29) is 4.90 Å². The third kappa shape index (κ3) is 2.32.